The molecule has 0 saturated carbocycles. The molecular formula is C16H15NO4. The maximum atomic E-state index is 10.5. The summed E-state index contributed by atoms with van der Waals surface area (Å²) in [6.07, 6.45) is 6.09. The van der Waals surface area contributed by atoms with E-state index in [1.165, 1.54) is 6.08 Å². The van der Waals surface area contributed by atoms with E-state index in [0.717, 1.165) is 11.6 Å². The zero-order valence-corrected chi connectivity index (χ0v) is 11.3. The van der Waals surface area contributed by atoms with E-state index < -0.39 is 5.97 Å². The molecule has 0 aliphatic rings. The van der Waals surface area contributed by atoms with E-state index in [0.29, 0.717) is 23.5 Å². The maximum Gasteiger partial charge on any atom is 0.328 e. The molecule has 2 aromatic rings. The van der Waals surface area contributed by atoms with Crippen molar-refractivity contribution in [2.45, 2.75) is 6.42 Å². The number of pyridine rings is 1. The van der Waals surface area contributed by atoms with Crippen LogP contribution in [0.4, 0.5) is 0 Å². The summed E-state index contributed by atoms with van der Waals surface area (Å²) in [5, 5.41) is 17.7. The van der Waals surface area contributed by atoms with Crippen molar-refractivity contribution < 1.29 is 19.7 Å². The van der Waals surface area contributed by atoms with Gasteiger partial charge in [0, 0.05) is 18.9 Å². The maximum absolute atomic E-state index is 10.5. The molecule has 0 aliphatic heterocycles. The number of aliphatic hydroxyl groups is 1. The molecule has 0 radical (unpaired) electrons. The lowest BCUT2D eigenvalue weighted by Gasteiger charge is -2.10. The Morgan fingerprint density at radius 3 is 2.86 bits per heavy atom. The van der Waals surface area contributed by atoms with Crippen molar-refractivity contribution in [3.8, 4) is 11.5 Å². The topological polar surface area (TPSA) is 79.7 Å². The lowest BCUT2D eigenvalue weighted by molar-refractivity contribution is -0.131. The van der Waals surface area contributed by atoms with Crippen LogP contribution in [0, 0.1) is 0 Å². The summed E-state index contributed by atoms with van der Waals surface area (Å²) in [7, 11) is 0. The fourth-order valence-electron chi connectivity index (χ4n) is 1.81. The Balaban J connectivity index is 2.20. The lowest BCUT2D eigenvalue weighted by atomic mass is 10.1. The predicted molar refractivity (Wildman–Crippen MR) is 78.2 cm³/mol. The fraction of sp³-hybridized carbons (Fsp3) is 0.125. The van der Waals surface area contributed by atoms with Gasteiger partial charge in [0.25, 0.3) is 0 Å². The van der Waals surface area contributed by atoms with Gasteiger partial charge in [-0.25, -0.2) is 4.79 Å². The molecule has 0 atom stereocenters. The number of nitrogens with zero attached hydrogens (tertiary/aromatic N) is 1. The number of carboxylic acid groups (broad SMARTS) is 1. The molecule has 0 saturated heterocycles. The van der Waals surface area contributed by atoms with Crippen LogP contribution in [0.25, 0.3) is 6.08 Å². The SMILES string of the molecule is O=C(O)/C=C/c1cncc(Oc2ccccc2CCO)c1. The molecule has 108 valence electrons. The van der Waals surface area contributed by atoms with Crippen LogP contribution in [-0.2, 0) is 11.2 Å². The van der Waals surface area contributed by atoms with E-state index in [-0.39, 0.29) is 6.61 Å². The second kappa shape index (κ2) is 7.21. The van der Waals surface area contributed by atoms with E-state index >= 15 is 0 Å². The quantitative estimate of drug-likeness (QED) is 0.797. The molecule has 21 heavy (non-hydrogen) atoms. The van der Waals surface area contributed by atoms with Crippen LogP contribution in [0.3, 0.4) is 0 Å². The van der Waals surface area contributed by atoms with Crippen LogP contribution in [0.2, 0.25) is 0 Å². The van der Waals surface area contributed by atoms with Gasteiger partial charge in [-0.05, 0) is 35.8 Å². The van der Waals surface area contributed by atoms with Crippen LogP contribution < -0.4 is 4.74 Å². The first-order chi connectivity index (χ1) is 10.2. The van der Waals surface area contributed by atoms with E-state index in [2.05, 4.69) is 4.98 Å². The molecule has 1 aromatic carbocycles. The van der Waals surface area contributed by atoms with E-state index in [1.807, 2.05) is 24.3 Å². The standard InChI is InChI=1S/C16H15NO4/c18-8-7-13-3-1-2-4-15(13)21-14-9-12(10-17-11-14)5-6-16(19)20/h1-6,9-11,18H,7-8H2,(H,19,20)/b6-5+. The van der Waals surface area contributed by atoms with Gasteiger partial charge in [0.05, 0.1) is 6.20 Å². The minimum atomic E-state index is -1.02. The fourth-order valence-corrected chi connectivity index (χ4v) is 1.81. The van der Waals surface area contributed by atoms with Gasteiger partial charge >= 0.3 is 5.97 Å². The lowest BCUT2D eigenvalue weighted by Crippen LogP contribution is -1.95. The molecule has 2 N–H and O–H groups in total. The highest BCUT2D eigenvalue weighted by atomic mass is 16.5. The number of para-hydroxylation sites is 1. The summed E-state index contributed by atoms with van der Waals surface area (Å²) in [5.74, 6) is 0.134. The Morgan fingerprint density at radius 2 is 2.10 bits per heavy atom. The number of carbonyl (C=O) groups is 1. The molecule has 2 rings (SSSR count). The zero-order valence-electron chi connectivity index (χ0n) is 11.3. The largest absolute Gasteiger partial charge is 0.478 e. The highest BCUT2D eigenvalue weighted by Crippen LogP contribution is 2.25. The van der Waals surface area contributed by atoms with Gasteiger partial charge < -0.3 is 14.9 Å². The van der Waals surface area contributed by atoms with Crippen molar-refractivity contribution in [2.75, 3.05) is 6.61 Å². The predicted octanol–water partition coefficient (Wildman–Crippen LogP) is 2.51. The van der Waals surface area contributed by atoms with Crippen molar-refractivity contribution >= 4 is 12.0 Å². The highest BCUT2D eigenvalue weighted by Gasteiger charge is 2.04. The van der Waals surface area contributed by atoms with Gasteiger partial charge in [0.2, 0.25) is 0 Å². The van der Waals surface area contributed by atoms with Crippen LogP contribution in [0.1, 0.15) is 11.1 Å². The first kappa shape index (κ1) is 14.7. The molecule has 0 bridgehead atoms. The Hall–Kier alpha value is -2.66. The van der Waals surface area contributed by atoms with Crippen LogP contribution in [-0.4, -0.2) is 27.8 Å². The molecule has 1 aromatic heterocycles. The van der Waals surface area contributed by atoms with Crippen LogP contribution in [0.5, 0.6) is 11.5 Å². The molecular weight excluding hydrogens is 270 g/mol. The first-order valence-corrected chi connectivity index (χ1v) is 6.41. The van der Waals surface area contributed by atoms with E-state index in [1.54, 1.807) is 18.5 Å². The smallest absolute Gasteiger partial charge is 0.328 e. The first-order valence-electron chi connectivity index (χ1n) is 6.41. The van der Waals surface area contributed by atoms with Gasteiger partial charge in [-0.1, -0.05) is 18.2 Å². The van der Waals surface area contributed by atoms with Crippen molar-refractivity contribution in [1.82, 2.24) is 4.98 Å². The number of ether oxygens (including phenoxy) is 1. The Kier molecular flexibility index (Phi) is 5.06. The minimum absolute atomic E-state index is 0.0417. The number of aliphatic carboxylic acids is 1. The number of benzene rings is 1. The average molecular weight is 285 g/mol. The second-order valence-electron chi connectivity index (χ2n) is 4.31. The average Bonchev–Trinajstić information content (AvgIpc) is 2.48. The Morgan fingerprint density at radius 1 is 1.29 bits per heavy atom. The number of carboxylic acids is 1. The van der Waals surface area contributed by atoms with Crippen molar-refractivity contribution in [3.63, 3.8) is 0 Å². The van der Waals surface area contributed by atoms with Gasteiger partial charge in [0.15, 0.2) is 0 Å². The van der Waals surface area contributed by atoms with Crippen molar-refractivity contribution in [3.05, 3.63) is 59.9 Å². The monoisotopic (exact) mass is 285 g/mol. The second-order valence-corrected chi connectivity index (χ2v) is 4.31. The Labute approximate surface area is 122 Å². The molecule has 0 aliphatic carbocycles. The number of rotatable bonds is 6. The summed E-state index contributed by atoms with van der Waals surface area (Å²) in [4.78, 5) is 14.5. The molecule has 0 amide bonds. The number of hydrogen-bond acceptors (Lipinski definition) is 4. The molecule has 1 heterocycles. The van der Waals surface area contributed by atoms with E-state index in [4.69, 9.17) is 14.9 Å². The third-order valence-corrected chi connectivity index (χ3v) is 2.73. The summed E-state index contributed by atoms with van der Waals surface area (Å²) in [5.41, 5.74) is 1.53. The number of aliphatic hydroxyl groups excluding tert-OH is 1. The summed E-state index contributed by atoms with van der Waals surface area (Å²) < 4.78 is 5.75. The van der Waals surface area contributed by atoms with Gasteiger partial charge in [-0.15, -0.1) is 0 Å². The molecule has 5 heteroatoms. The Bertz CT molecular complexity index is 652. The summed E-state index contributed by atoms with van der Waals surface area (Å²) >= 11 is 0. The zero-order chi connectivity index (χ0) is 15.1. The molecule has 0 fully saturated rings. The number of hydrogen-bond donors (Lipinski definition) is 2. The molecule has 0 spiro atoms. The normalized spacial score (nSPS) is 10.7. The minimum Gasteiger partial charge on any atom is -0.478 e. The summed E-state index contributed by atoms with van der Waals surface area (Å²) in [6, 6.07) is 9.11. The third kappa shape index (κ3) is 4.43. The van der Waals surface area contributed by atoms with Gasteiger partial charge in [-0.3, -0.25) is 4.98 Å². The molecule has 0 unspecified atom stereocenters. The number of aromatic nitrogens is 1. The van der Waals surface area contributed by atoms with Gasteiger partial charge in [-0.2, -0.15) is 0 Å². The van der Waals surface area contributed by atoms with Crippen LogP contribution in [0.15, 0.2) is 48.8 Å². The van der Waals surface area contributed by atoms with Crippen LogP contribution >= 0.6 is 0 Å². The van der Waals surface area contributed by atoms with Gasteiger partial charge in [0.1, 0.15) is 11.5 Å². The summed E-state index contributed by atoms with van der Waals surface area (Å²) in [6.45, 7) is 0.0417. The highest BCUT2D eigenvalue weighted by molar-refractivity contribution is 5.85. The molecule has 5 nitrogen and oxygen atoms in total. The van der Waals surface area contributed by atoms with Crippen molar-refractivity contribution in [1.29, 1.82) is 0 Å². The van der Waals surface area contributed by atoms with Crippen molar-refractivity contribution in [2.24, 2.45) is 0 Å². The third-order valence-electron chi connectivity index (χ3n) is 2.73. The van der Waals surface area contributed by atoms with E-state index in [9.17, 15) is 4.79 Å².